The molecular weight excluding hydrogens is 294 g/mol. The largest absolute Gasteiger partial charge is 0.339 e. The van der Waals surface area contributed by atoms with Gasteiger partial charge in [0, 0.05) is 0 Å². The highest BCUT2D eigenvalue weighted by atomic mass is 32.2. The normalized spacial score (nSPS) is 17.0. The van der Waals surface area contributed by atoms with Gasteiger partial charge in [-0.3, -0.25) is 10.1 Å². The topological polar surface area (TPSA) is 95.6 Å². The monoisotopic (exact) mass is 311 g/mol. The lowest BCUT2D eigenvalue weighted by Gasteiger charge is -2.15. The van der Waals surface area contributed by atoms with Crippen LogP contribution < -0.4 is 10.1 Å². The summed E-state index contributed by atoms with van der Waals surface area (Å²) in [5.41, 5.74) is 1.05. The highest BCUT2D eigenvalue weighted by Gasteiger charge is 2.30. The third kappa shape index (κ3) is 3.40. The summed E-state index contributed by atoms with van der Waals surface area (Å²) in [5.74, 6) is -0.202. The SMILES string of the molecule is CCC(C)c1ccc(S(=O)(=O)NN2CC(=O)NC2=O)cc1. The van der Waals surface area contributed by atoms with E-state index in [2.05, 4.69) is 18.7 Å². The van der Waals surface area contributed by atoms with Gasteiger partial charge in [0.25, 0.3) is 10.0 Å². The van der Waals surface area contributed by atoms with E-state index in [1.54, 1.807) is 12.1 Å². The van der Waals surface area contributed by atoms with E-state index in [4.69, 9.17) is 0 Å². The van der Waals surface area contributed by atoms with Gasteiger partial charge >= 0.3 is 6.03 Å². The molecule has 1 aliphatic rings. The third-order valence-electron chi connectivity index (χ3n) is 3.40. The number of hydrogen-bond donors (Lipinski definition) is 2. The molecule has 8 heteroatoms. The van der Waals surface area contributed by atoms with Gasteiger partial charge in [0.1, 0.15) is 6.54 Å². The van der Waals surface area contributed by atoms with E-state index < -0.39 is 22.0 Å². The van der Waals surface area contributed by atoms with Crippen molar-refractivity contribution in [2.24, 2.45) is 0 Å². The van der Waals surface area contributed by atoms with Crippen molar-refractivity contribution in [1.82, 2.24) is 15.2 Å². The minimum absolute atomic E-state index is 0.0432. The van der Waals surface area contributed by atoms with Gasteiger partial charge in [-0.1, -0.05) is 26.0 Å². The highest BCUT2D eigenvalue weighted by Crippen LogP contribution is 2.20. The molecular formula is C13H17N3O4S. The van der Waals surface area contributed by atoms with E-state index in [9.17, 15) is 18.0 Å². The smallest absolute Gasteiger partial charge is 0.275 e. The summed E-state index contributed by atoms with van der Waals surface area (Å²) < 4.78 is 24.3. The minimum Gasteiger partial charge on any atom is -0.275 e. The standard InChI is InChI=1S/C13H17N3O4S/c1-3-9(2)10-4-6-11(7-5-10)21(19,20)15-16-8-12(17)14-13(16)18/h4-7,9,15H,3,8H2,1-2H3,(H,14,17,18). The molecule has 7 nitrogen and oxygen atoms in total. The Hall–Kier alpha value is -1.93. The third-order valence-corrected chi connectivity index (χ3v) is 4.75. The van der Waals surface area contributed by atoms with E-state index >= 15 is 0 Å². The number of carbonyl (C=O) groups excluding carboxylic acids is 2. The van der Waals surface area contributed by atoms with Crippen molar-refractivity contribution in [3.63, 3.8) is 0 Å². The minimum atomic E-state index is -3.89. The lowest BCUT2D eigenvalue weighted by molar-refractivity contribution is -0.118. The molecule has 0 aliphatic carbocycles. The predicted octanol–water partition coefficient (Wildman–Crippen LogP) is 0.945. The van der Waals surface area contributed by atoms with Crippen LogP contribution in [0.15, 0.2) is 29.2 Å². The molecule has 114 valence electrons. The molecule has 0 aromatic heterocycles. The zero-order chi connectivity index (χ0) is 15.6. The number of carbonyl (C=O) groups is 2. The van der Waals surface area contributed by atoms with Gasteiger partial charge in [-0.15, -0.1) is 4.83 Å². The zero-order valence-corrected chi connectivity index (χ0v) is 12.6. The van der Waals surface area contributed by atoms with Crippen LogP contribution >= 0.6 is 0 Å². The lowest BCUT2D eigenvalue weighted by Crippen LogP contribution is -2.44. The second kappa shape index (κ2) is 5.82. The Morgan fingerprint density at radius 3 is 2.38 bits per heavy atom. The molecule has 1 unspecified atom stereocenters. The number of benzene rings is 1. The Kier molecular flexibility index (Phi) is 4.29. The molecule has 0 radical (unpaired) electrons. The fourth-order valence-electron chi connectivity index (χ4n) is 1.92. The van der Waals surface area contributed by atoms with E-state index in [1.807, 2.05) is 5.32 Å². The molecule has 0 spiro atoms. The molecule has 1 aromatic carbocycles. The van der Waals surface area contributed by atoms with Crippen LogP contribution in [0.4, 0.5) is 4.79 Å². The van der Waals surface area contributed by atoms with Crippen LogP contribution in [0.25, 0.3) is 0 Å². The first-order valence-electron chi connectivity index (χ1n) is 6.57. The number of nitrogens with zero attached hydrogens (tertiary/aromatic N) is 1. The van der Waals surface area contributed by atoms with Gasteiger partial charge in [0.2, 0.25) is 5.91 Å². The molecule has 1 aliphatic heterocycles. The summed E-state index contributed by atoms with van der Waals surface area (Å²) in [6, 6.07) is 5.69. The molecule has 3 amide bonds. The van der Waals surface area contributed by atoms with Crippen LogP contribution in [-0.4, -0.2) is 31.9 Å². The summed E-state index contributed by atoms with van der Waals surface area (Å²) in [4.78, 5) is 24.5. The molecule has 0 saturated carbocycles. The first-order chi connectivity index (χ1) is 9.83. The van der Waals surface area contributed by atoms with Gasteiger partial charge in [-0.05, 0) is 30.0 Å². The van der Waals surface area contributed by atoms with Crippen LogP contribution in [0.2, 0.25) is 0 Å². The van der Waals surface area contributed by atoms with Crippen LogP contribution in [0.1, 0.15) is 31.7 Å². The number of urea groups is 1. The van der Waals surface area contributed by atoms with Crippen molar-refractivity contribution in [3.05, 3.63) is 29.8 Å². The van der Waals surface area contributed by atoms with E-state index in [1.165, 1.54) is 12.1 Å². The number of sulfonamides is 1. The number of hydrazine groups is 1. The second-order valence-corrected chi connectivity index (χ2v) is 6.57. The zero-order valence-electron chi connectivity index (χ0n) is 11.8. The molecule has 1 heterocycles. The second-order valence-electron chi connectivity index (χ2n) is 4.91. The first kappa shape index (κ1) is 15.5. The number of amides is 3. The van der Waals surface area contributed by atoms with Crippen LogP contribution in [0.3, 0.4) is 0 Å². The summed E-state index contributed by atoms with van der Waals surface area (Å²) in [6.45, 7) is 3.78. The van der Waals surface area contributed by atoms with Crippen molar-refractivity contribution in [2.45, 2.75) is 31.1 Å². The molecule has 2 rings (SSSR count). The number of hydrogen-bond acceptors (Lipinski definition) is 4. The van der Waals surface area contributed by atoms with Crippen LogP contribution in [-0.2, 0) is 14.8 Å². The lowest BCUT2D eigenvalue weighted by atomic mass is 9.99. The predicted molar refractivity (Wildman–Crippen MR) is 75.7 cm³/mol. The maximum absolute atomic E-state index is 12.1. The average molecular weight is 311 g/mol. The summed E-state index contributed by atoms with van der Waals surface area (Å²) in [5, 5.41) is 2.73. The van der Waals surface area contributed by atoms with E-state index in [-0.39, 0.29) is 11.4 Å². The van der Waals surface area contributed by atoms with Gasteiger partial charge in [0.05, 0.1) is 4.90 Å². The molecule has 1 atom stereocenters. The fraction of sp³-hybridized carbons (Fsp3) is 0.385. The Balaban J connectivity index is 2.16. The molecule has 1 fully saturated rings. The Labute approximate surface area is 123 Å². The van der Waals surface area contributed by atoms with Gasteiger partial charge in [0.15, 0.2) is 0 Å². The van der Waals surface area contributed by atoms with Crippen molar-refractivity contribution < 1.29 is 18.0 Å². The van der Waals surface area contributed by atoms with Gasteiger partial charge in [-0.25, -0.2) is 18.2 Å². The number of nitrogens with one attached hydrogen (secondary N) is 2. The van der Waals surface area contributed by atoms with Crippen molar-refractivity contribution in [2.75, 3.05) is 6.54 Å². The molecule has 0 bridgehead atoms. The quantitative estimate of drug-likeness (QED) is 0.791. The van der Waals surface area contributed by atoms with Gasteiger partial charge < -0.3 is 0 Å². The van der Waals surface area contributed by atoms with Crippen LogP contribution in [0.5, 0.6) is 0 Å². The van der Waals surface area contributed by atoms with Crippen molar-refractivity contribution in [3.8, 4) is 0 Å². The Morgan fingerprint density at radius 1 is 1.29 bits per heavy atom. The maximum atomic E-state index is 12.1. The first-order valence-corrected chi connectivity index (χ1v) is 8.05. The summed E-state index contributed by atoms with van der Waals surface area (Å²) in [7, 11) is -3.89. The Bertz CT molecular complexity index is 654. The van der Waals surface area contributed by atoms with Gasteiger partial charge in [-0.2, -0.15) is 0 Å². The highest BCUT2D eigenvalue weighted by molar-refractivity contribution is 7.89. The molecule has 2 N–H and O–H groups in total. The van der Waals surface area contributed by atoms with Crippen molar-refractivity contribution >= 4 is 22.0 Å². The summed E-state index contributed by atoms with van der Waals surface area (Å²) in [6.07, 6.45) is 0.959. The van der Waals surface area contributed by atoms with E-state index in [0.29, 0.717) is 5.92 Å². The summed E-state index contributed by atoms with van der Waals surface area (Å²) >= 11 is 0. The number of rotatable bonds is 5. The Morgan fingerprint density at radius 2 is 1.90 bits per heavy atom. The fourth-order valence-corrected chi connectivity index (χ4v) is 2.96. The number of imide groups is 1. The van der Waals surface area contributed by atoms with Crippen molar-refractivity contribution in [1.29, 1.82) is 0 Å². The molecule has 1 aromatic rings. The average Bonchev–Trinajstić information content (AvgIpc) is 2.75. The molecule has 21 heavy (non-hydrogen) atoms. The molecule has 1 saturated heterocycles. The maximum Gasteiger partial charge on any atom is 0.339 e. The van der Waals surface area contributed by atoms with E-state index in [0.717, 1.165) is 17.0 Å². The van der Waals surface area contributed by atoms with Crippen LogP contribution in [0, 0.1) is 0 Å².